The third kappa shape index (κ3) is 6.28. The molecular formula is C19H24Cl2N4O5S. The van der Waals surface area contributed by atoms with E-state index in [1.54, 1.807) is 37.3 Å². The molecule has 1 saturated heterocycles. The fraction of sp³-hybridized carbons (Fsp3) is 0.368. The number of nitrogens with one attached hydrogen (secondary N) is 3. The number of rotatable bonds is 7. The van der Waals surface area contributed by atoms with Gasteiger partial charge in [-0.3, -0.25) is 15.0 Å². The average molecular weight is 491 g/mol. The van der Waals surface area contributed by atoms with E-state index in [0.717, 1.165) is 10.8 Å². The van der Waals surface area contributed by atoms with Gasteiger partial charge in [0.1, 0.15) is 12.6 Å². The summed E-state index contributed by atoms with van der Waals surface area (Å²) in [6, 6.07) is 9.31. The highest BCUT2D eigenvalue weighted by molar-refractivity contribution is 7.89. The molecule has 2 aromatic carbocycles. The first-order valence-electron chi connectivity index (χ1n) is 9.42. The summed E-state index contributed by atoms with van der Waals surface area (Å²) in [5, 5.41) is 5.15. The average Bonchev–Trinajstić information content (AvgIpc) is 2.73. The molecule has 3 rings (SSSR count). The van der Waals surface area contributed by atoms with Gasteiger partial charge in [-0.05, 0) is 42.0 Å². The number of benzene rings is 2. The first-order valence-corrected chi connectivity index (χ1v) is 11.2. The maximum Gasteiger partial charge on any atom is 0.321 e. The minimum atomic E-state index is -3.79. The van der Waals surface area contributed by atoms with Crippen LogP contribution in [0.2, 0.25) is 5.02 Å². The molecule has 1 unspecified atom stereocenters. The molecule has 1 aliphatic heterocycles. The molecule has 170 valence electrons. The topological polar surface area (TPSA) is 117 Å². The second kappa shape index (κ2) is 11.1. The highest BCUT2D eigenvalue weighted by Crippen LogP contribution is 2.25. The number of sulfonamides is 1. The van der Waals surface area contributed by atoms with Crippen LogP contribution in [-0.4, -0.2) is 63.4 Å². The molecule has 0 spiro atoms. The summed E-state index contributed by atoms with van der Waals surface area (Å²) in [7, 11) is -3.79. The van der Waals surface area contributed by atoms with Crippen molar-refractivity contribution in [1.29, 1.82) is 0 Å². The molecule has 0 aromatic heterocycles. The Labute approximate surface area is 191 Å². The lowest BCUT2D eigenvalue weighted by molar-refractivity contribution is -0.142. The van der Waals surface area contributed by atoms with Crippen LogP contribution >= 0.6 is 24.0 Å². The third-order valence-electron chi connectivity index (χ3n) is 4.62. The van der Waals surface area contributed by atoms with Gasteiger partial charge in [-0.15, -0.1) is 12.4 Å². The molecule has 1 heterocycles. The first-order chi connectivity index (χ1) is 14.3. The number of nitrogens with zero attached hydrogens (tertiary/aromatic N) is 1. The van der Waals surface area contributed by atoms with Crippen LogP contribution in [-0.2, 0) is 24.3 Å². The van der Waals surface area contributed by atoms with Gasteiger partial charge in [0.15, 0.2) is 0 Å². The molecule has 1 fully saturated rings. The molecule has 0 bridgehead atoms. The van der Waals surface area contributed by atoms with E-state index < -0.39 is 27.9 Å². The van der Waals surface area contributed by atoms with Gasteiger partial charge in [-0.1, -0.05) is 23.7 Å². The van der Waals surface area contributed by atoms with Crippen LogP contribution < -0.4 is 16.2 Å². The molecule has 0 aliphatic carbocycles. The van der Waals surface area contributed by atoms with Crippen molar-refractivity contribution in [2.45, 2.75) is 17.9 Å². The Hall–Kier alpha value is -1.95. The summed E-state index contributed by atoms with van der Waals surface area (Å²) in [6.07, 6.45) is 0. The van der Waals surface area contributed by atoms with Crippen LogP contribution in [0.4, 0.5) is 0 Å². The molecule has 1 amide bonds. The molecule has 0 saturated carbocycles. The highest BCUT2D eigenvalue weighted by Gasteiger charge is 2.33. The van der Waals surface area contributed by atoms with Crippen molar-refractivity contribution in [3.63, 3.8) is 0 Å². The lowest BCUT2D eigenvalue weighted by atomic mass is 10.1. The summed E-state index contributed by atoms with van der Waals surface area (Å²) in [5.41, 5.74) is 4.88. The normalized spacial score (nSPS) is 17.0. The molecule has 31 heavy (non-hydrogen) atoms. The van der Waals surface area contributed by atoms with E-state index in [0.29, 0.717) is 11.6 Å². The number of halogens is 2. The molecule has 2 aromatic rings. The summed E-state index contributed by atoms with van der Waals surface area (Å²) >= 11 is 5.98. The van der Waals surface area contributed by atoms with Crippen LogP contribution in [0.3, 0.4) is 0 Å². The van der Waals surface area contributed by atoms with Crippen LogP contribution in [0.5, 0.6) is 0 Å². The Morgan fingerprint density at radius 3 is 2.68 bits per heavy atom. The second-order valence-electron chi connectivity index (χ2n) is 6.67. The summed E-state index contributed by atoms with van der Waals surface area (Å²) in [6.45, 7) is 2.26. The number of carbonyl (C=O) groups excluding carboxylic acids is 2. The molecule has 9 nitrogen and oxygen atoms in total. The van der Waals surface area contributed by atoms with Crippen LogP contribution in [0, 0.1) is 0 Å². The fourth-order valence-corrected chi connectivity index (χ4v) is 4.80. The van der Waals surface area contributed by atoms with E-state index in [1.165, 1.54) is 10.4 Å². The predicted octanol–water partition coefficient (Wildman–Crippen LogP) is 1.06. The lowest BCUT2D eigenvalue weighted by Crippen LogP contribution is -2.60. The smallest absolute Gasteiger partial charge is 0.321 e. The fourth-order valence-electron chi connectivity index (χ4n) is 3.12. The van der Waals surface area contributed by atoms with Crippen molar-refractivity contribution in [1.82, 2.24) is 20.5 Å². The quantitative estimate of drug-likeness (QED) is 0.392. The largest absolute Gasteiger partial charge is 0.465 e. The summed E-state index contributed by atoms with van der Waals surface area (Å²) < 4.78 is 32.2. The second-order valence-corrected chi connectivity index (χ2v) is 9.05. The number of ether oxygens (including phenoxy) is 1. The van der Waals surface area contributed by atoms with E-state index >= 15 is 0 Å². The highest BCUT2D eigenvalue weighted by atomic mass is 35.5. The van der Waals surface area contributed by atoms with Crippen molar-refractivity contribution in [2.75, 3.05) is 32.8 Å². The van der Waals surface area contributed by atoms with Gasteiger partial charge in [0.05, 0.1) is 11.5 Å². The summed E-state index contributed by atoms with van der Waals surface area (Å²) in [5.74, 6) is -0.969. The number of hydrazine groups is 1. The molecule has 1 atom stereocenters. The molecule has 0 radical (unpaired) electrons. The Morgan fingerprint density at radius 2 is 1.94 bits per heavy atom. The Bertz CT molecular complexity index is 1050. The van der Waals surface area contributed by atoms with E-state index in [4.69, 9.17) is 16.3 Å². The van der Waals surface area contributed by atoms with E-state index in [-0.39, 0.29) is 43.5 Å². The monoisotopic (exact) mass is 490 g/mol. The maximum absolute atomic E-state index is 13.1. The molecule has 3 N–H and O–H groups in total. The predicted molar refractivity (Wildman–Crippen MR) is 120 cm³/mol. The molecular weight excluding hydrogens is 467 g/mol. The van der Waals surface area contributed by atoms with Gasteiger partial charge in [0.25, 0.3) is 5.91 Å². The van der Waals surface area contributed by atoms with E-state index in [9.17, 15) is 18.0 Å². The van der Waals surface area contributed by atoms with Crippen molar-refractivity contribution in [3.05, 3.63) is 41.4 Å². The van der Waals surface area contributed by atoms with Gasteiger partial charge < -0.3 is 10.1 Å². The number of fused-ring (bicyclic) bond motifs is 1. The standard InChI is InChI=1S/C19H23ClN4O5S.ClH/c1-2-29-18(25)11-22-23-19(26)17-12-24(8-7-21-17)30(27,28)16-6-4-13-9-15(20)5-3-14(13)10-16;/h3-6,9-10,17,21-22H,2,7-8,11-12H2,1H3,(H,23,26);1H. The van der Waals surface area contributed by atoms with Gasteiger partial charge in [-0.2, -0.15) is 4.31 Å². The zero-order chi connectivity index (χ0) is 21.7. The van der Waals surface area contributed by atoms with Crippen LogP contribution in [0.15, 0.2) is 41.3 Å². The summed E-state index contributed by atoms with van der Waals surface area (Å²) in [4.78, 5) is 23.8. The minimum absolute atomic E-state index is 0. The number of hydrogen-bond donors (Lipinski definition) is 3. The van der Waals surface area contributed by atoms with Crippen LogP contribution in [0.25, 0.3) is 10.8 Å². The van der Waals surface area contributed by atoms with Crippen molar-refractivity contribution >= 4 is 56.7 Å². The lowest BCUT2D eigenvalue weighted by Gasteiger charge is -2.32. The van der Waals surface area contributed by atoms with Crippen LogP contribution in [0.1, 0.15) is 6.92 Å². The Morgan fingerprint density at radius 1 is 1.23 bits per heavy atom. The zero-order valence-corrected chi connectivity index (χ0v) is 19.1. The van der Waals surface area contributed by atoms with Gasteiger partial charge in [0, 0.05) is 24.7 Å². The number of amides is 1. The maximum atomic E-state index is 13.1. The minimum Gasteiger partial charge on any atom is -0.465 e. The Balaban J connectivity index is 0.00000341. The number of carbonyl (C=O) groups is 2. The first kappa shape index (κ1) is 25.3. The van der Waals surface area contributed by atoms with Crippen molar-refractivity contribution in [3.8, 4) is 0 Å². The molecule has 12 heteroatoms. The van der Waals surface area contributed by atoms with Gasteiger partial charge >= 0.3 is 5.97 Å². The Kier molecular flexibility index (Phi) is 9.04. The zero-order valence-electron chi connectivity index (χ0n) is 16.8. The van der Waals surface area contributed by atoms with Crippen molar-refractivity contribution < 1.29 is 22.7 Å². The molecule has 1 aliphatic rings. The van der Waals surface area contributed by atoms with E-state index in [1.807, 2.05) is 0 Å². The van der Waals surface area contributed by atoms with Gasteiger partial charge in [-0.25, -0.2) is 13.8 Å². The number of esters is 1. The third-order valence-corrected chi connectivity index (χ3v) is 6.71. The SMILES string of the molecule is CCOC(=O)CNNC(=O)C1CN(S(=O)(=O)c2ccc3cc(Cl)ccc3c2)CCN1.Cl. The number of piperazine rings is 1. The van der Waals surface area contributed by atoms with Crippen molar-refractivity contribution in [2.24, 2.45) is 0 Å². The number of hydrogen-bond acceptors (Lipinski definition) is 7. The van der Waals surface area contributed by atoms with Gasteiger partial charge in [0.2, 0.25) is 10.0 Å². The van der Waals surface area contributed by atoms with E-state index in [2.05, 4.69) is 16.2 Å².